The van der Waals surface area contributed by atoms with Crippen LogP contribution in [0.4, 0.5) is 26.5 Å². The van der Waals surface area contributed by atoms with Crippen LogP contribution in [0.15, 0.2) is 49.1 Å². The summed E-state index contributed by atoms with van der Waals surface area (Å²) in [6.45, 7) is 5.72. The molecule has 0 atom stereocenters. The number of urea groups is 1. The van der Waals surface area contributed by atoms with E-state index in [1.165, 1.54) is 36.8 Å². The van der Waals surface area contributed by atoms with E-state index in [1.807, 2.05) is 18.4 Å². The topological polar surface area (TPSA) is 128 Å². The van der Waals surface area contributed by atoms with Crippen molar-refractivity contribution in [1.82, 2.24) is 19.5 Å². The molecule has 168 valence electrons. The van der Waals surface area contributed by atoms with Crippen LogP contribution >= 0.6 is 0 Å². The smallest absolute Gasteiger partial charge is 0.324 e. The van der Waals surface area contributed by atoms with Gasteiger partial charge in [-0.3, -0.25) is 10.1 Å². The van der Waals surface area contributed by atoms with E-state index in [4.69, 9.17) is 5.73 Å². The zero-order valence-electron chi connectivity index (χ0n) is 18.3. The maximum Gasteiger partial charge on any atom is 0.324 e. The normalized spacial score (nSPS) is 11.1. The Bertz CT molecular complexity index is 1380. The lowest BCUT2D eigenvalue weighted by Gasteiger charge is -2.09. The standard InChI is InChI=1S/C23H22FN7O2/c1-12(2)31-10-15(19-21(25)27-11-28-22(19)31)20(32)14-6-7-26-18(9-14)30-23(33)29-17-8-13(3)4-5-16(17)24/h4-12H,1-3H3,(H2,25,27,28)(H2,26,29,30,33). The first-order valence-electron chi connectivity index (χ1n) is 10.2. The van der Waals surface area contributed by atoms with Crippen LogP contribution in [0.25, 0.3) is 11.0 Å². The van der Waals surface area contributed by atoms with Crippen LogP contribution in [0.3, 0.4) is 0 Å². The van der Waals surface area contributed by atoms with Gasteiger partial charge in [0, 0.05) is 24.0 Å². The van der Waals surface area contributed by atoms with E-state index >= 15 is 0 Å². The molecule has 33 heavy (non-hydrogen) atoms. The second-order valence-electron chi connectivity index (χ2n) is 7.82. The van der Waals surface area contributed by atoms with Crippen LogP contribution in [0.5, 0.6) is 0 Å². The lowest BCUT2D eigenvalue weighted by atomic mass is 10.0. The summed E-state index contributed by atoms with van der Waals surface area (Å²) >= 11 is 0. The number of fused-ring (bicyclic) bond motifs is 1. The minimum atomic E-state index is -0.689. The minimum Gasteiger partial charge on any atom is -0.383 e. The molecular formula is C23H22FN7O2. The summed E-state index contributed by atoms with van der Waals surface area (Å²) in [5, 5.41) is 5.43. The number of hydrogen-bond acceptors (Lipinski definition) is 6. The number of nitrogens with one attached hydrogen (secondary N) is 2. The molecule has 4 N–H and O–H groups in total. The van der Waals surface area contributed by atoms with Gasteiger partial charge in [0.15, 0.2) is 5.78 Å². The Balaban J connectivity index is 1.61. The number of nitrogens with two attached hydrogens (primary N) is 1. The molecule has 2 amide bonds. The fourth-order valence-electron chi connectivity index (χ4n) is 3.47. The zero-order valence-corrected chi connectivity index (χ0v) is 18.3. The highest BCUT2D eigenvalue weighted by Crippen LogP contribution is 2.28. The highest BCUT2D eigenvalue weighted by atomic mass is 19.1. The average molecular weight is 447 g/mol. The number of carbonyl (C=O) groups excluding carboxylic acids is 2. The van der Waals surface area contributed by atoms with Crippen molar-refractivity contribution in [2.24, 2.45) is 0 Å². The van der Waals surface area contributed by atoms with Crippen LogP contribution in [0.2, 0.25) is 0 Å². The van der Waals surface area contributed by atoms with Crippen LogP contribution in [0.1, 0.15) is 41.4 Å². The molecule has 0 unspecified atom stereocenters. The largest absolute Gasteiger partial charge is 0.383 e. The van der Waals surface area contributed by atoms with Gasteiger partial charge in [-0.1, -0.05) is 6.07 Å². The van der Waals surface area contributed by atoms with Gasteiger partial charge in [-0.25, -0.2) is 24.1 Å². The Morgan fingerprint density at radius 1 is 1.09 bits per heavy atom. The first kappa shape index (κ1) is 21.9. The molecule has 3 aromatic heterocycles. The van der Waals surface area contributed by atoms with Crippen molar-refractivity contribution in [2.75, 3.05) is 16.4 Å². The van der Waals surface area contributed by atoms with Gasteiger partial charge in [-0.15, -0.1) is 0 Å². The van der Waals surface area contributed by atoms with Crippen molar-refractivity contribution >= 4 is 40.2 Å². The molecule has 4 rings (SSSR count). The minimum absolute atomic E-state index is 0.0386. The number of rotatable bonds is 5. The Labute approximate surface area is 188 Å². The van der Waals surface area contributed by atoms with Gasteiger partial charge in [0.25, 0.3) is 0 Å². The van der Waals surface area contributed by atoms with Gasteiger partial charge in [0.2, 0.25) is 0 Å². The summed E-state index contributed by atoms with van der Waals surface area (Å²) in [7, 11) is 0. The van der Waals surface area contributed by atoms with Crippen molar-refractivity contribution in [3.05, 3.63) is 71.6 Å². The summed E-state index contributed by atoms with van der Waals surface area (Å²) in [5.41, 5.74) is 8.08. The number of nitrogen functional groups attached to an aromatic ring is 1. The van der Waals surface area contributed by atoms with Crippen molar-refractivity contribution in [2.45, 2.75) is 26.8 Å². The quantitative estimate of drug-likeness (QED) is 0.391. The molecule has 3 heterocycles. The van der Waals surface area contributed by atoms with Crippen LogP contribution in [-0.4, -0.2) is 31.3 Å². The van der Waals surface area contributed by atoms with E-state index in [1.54, 1.807) is 19.2 Å². The molecule has 0 spiro atoms. The van der Waals surface area contributed by atoms with Gasteiger partial charge in [-0.05, 0) is 50.6 Å². The molecule has 0 aliphatic rings. The Kier molecular flexibility index (Phi) is 5.74. The van der Waals surface area contributed by atoms with Crippen molar-refractivity contribution in [3.63, 3.8) is 0 Å². The van der Waals surface area contributed by atoms with Crippen molar-refractivity contribution in [3.8, 4) is 0 Å². The number of pyridine rings is 1. The predicted octanol–water partition coefficient (Wildman–Crippen LogP) is 4.31. The van der Waals surface area contributed by atoms with Crippen LogP contribution in [-0.2, 0) is 0 Å². The third-order valence-electron chi connectivity index (χ3n) is 5.07. The van der Waals surface area contributed by atoms with Crippen LogP contribution in [0, 0.1) is 12.7 Å². The summed E-state index contributed by atoms with van der Waals surface area (Å²) < 4.78 is 15.8. The Morgan fingerprint density at radius 3 is 2.64 bits per heavy atom. The molecule has 0 aliphatic heterocycles. The molecule has 0 aliphatic carbocycles. The molecule has 0 radical (unpaired) electrons. The summed E-state index contributed by atoms with van der Waals surface area (Å²) in [4.78, 5) is 38.1. The highest BCUT2D eigenvalue weighted by Gasteiger charge is 2.22. The van der Waals surface area contributed by atoms with Gasteiger partial charge in [0.1, 0.15) is 29.4 Å². The van der Waals surface area contributed by atoms with E-state index < -0.39 is 11.8 Å². The molecular weight excluding hydrogens is 425 g/mol. The molecule has 1 aromatic carbocycles. The number of nitrogens with zero attached hydrogens (tertiary/aromatic N) is 4. The van der Waals surface area contributed by atoms with Crippen LogP contribution < -0.4 is 16.4 Å². The summed E-state index contributed by atoms with van der Waals surface area (Å²) in [6, 6.07) is 6.71. The second kappa shape index (κ2) is 8.65. The number of benzene rings is 1. The number of amides is 2. The van der Waals surface area contributed by atoms with E-state index in [0.29, 0.717) is 16.6 Å². The third kappa shape index (κ3) is 4.36. The van der Waals surface area contributed by atoms with Gasteiger partial charge < -0.3 is 15.6 Å². The maximum atomic E-state index is 13.9. The fourth-order valence-corrected chi connectivity index (χ4v) is 3.47. The molecule has 4 aromatic rings. The van der Waals surface area contributed by atoms with Crippen molar-refractivity contribution in [1.29, 1.82) is 0 Å². The monoisotopic (exact) mass is 447 g/mol. The molecule has 9 nitrogen and oxygen atoms in total. The number of anilines is 3. The lowest BCUT2D eigenvalue weighted by Crippen LogP contribution is -2.21. The lowest BCUT2D eigenvalue weighted by molar-refractivity contribution is 0.104. The number of hydrogen-bond donors (Lipinski definition) is 3. The number of aryl methyl sites for hydroxylation is 1. The van der Waals surface area contributed by atoms with E-state index in [9.17, 15) is 14.0 Å². The summed E-state index contributed by atoms with van der Waals surface area (Å²) in [6.07, 6.45) is 4.45. The first-order valence-corrected chi connectivity index (χ1v) is 10.2. The zero-order chi connectivity index (χ0) is 23.7. The third-order valence-corrected chi connectivity index (χ3v) is 5.07. The van der Waals surface area contributed by atoms with Crippen molar-refractivity contribution < 1.29 is 14.0 Å². The predicted molar refractivity (Wildman–Crippen MR) is 124 cm³/mol. The fraction of sp³-hybridized carbons (Fsp3) is 0.174. The number of ketones is 1. The second-order valence-corrected chi connectivity index (χ2v) is 7.82. The SMILES string of the molecule is Cc1ccc(F)c(NC(=O)Nc2cc(C(=O)c3cn(C(C)C)c4ncnc(N)c34)ccn2)c1. The Hall–Kier alpha value is -4.34. The maximum absolute atomic E-state index is 13.9. The van der Waals surface area contributed by atoms with Gasteiger partial charge >= 0.3 is 6.03 Å². The van der Waals surface area contributed by atoms with Gasteiger partial charge in [-0.2, -0.15) is 0 Å². The first-order chi connectivity index (χ1) is 15.7. The highest BCUT2D eigenvalue weighted by molar-refractivity contribution is 6.18. The molecule has 0 saturated carbocycles. The number of halogens is 1. The average Bonchev–Trinajstić information content (AvgIpc) is 3.17. The van der Waals surface area contributed by atoms with E-state index in [-0.39, 0.29) is 34.7 Å². The molecule has 0 saturated heterocycles. The number of aromatic nitrogens is 4. The number of carbonyl (C=O) groups is 2. The molecule has 0 fully saturated rings. The molecule has 10 heteroatoms. The van der Waals surface area contributed by atoms with E-state index in [2.05, 4.69) is 25.6 Å². The van der Waals surface area contributed by atoms with E-state index in [0.717, 1.165) is 5.56 Å². The molecule has 0 bridgehead atoms. The summed E-state index contributed by atoms with van der Waals surface area (Å²) in [5.74, 6) is -0.552. The van der Waals surface area contributed by atoms with Gasteiger partial charge in [0.05, 0.1) is 16.6 Å². The Morgan fingerprint density at radius 2 is 1.88 bits per heavy atom.